The van der Waals surface area contributed by atoms with Gasteiger partial charge in [-0.25, -0.2) is 23.0 Å². The van der Waals surface area contributed by atoms with Gasteiger partial charge in [0.2, 0.25) is 10.0 Å². The Balaban J connectivity index is 1.59. The van der Waals surface area contributed by atoms with Gasteiger partial charge in [-0.1, -0.05) is 11.6 Å². The second-order valence-corrected chi connectivity index (χ2v) is 8.48. The Morgan fingerprint density at radius 3 is 2.42 bits per heavy atom. The van der Waals surface area contributed by atoms with Gasteiger partial charge in [-0.3, -0.25) is 15.0 Å². The Bertz CT molecular complexity index is 1350. The maximum absolute atomic E-state index is 13.4. The van der Waals surface area contributed by atoms with Crippen LogP contribution in [0.15, 0.2) is 69.5 Å². The topological polar surface area (TPSA) is 123 Å². The summed E-state index contributed by atoms with van der Waals surface area (Å²) >= 11 is 5.74. The van der Waals surface area contributed by atoms with Gasteiger partial charge >= 0.3 is 0 Å². The SMILES string of the molecule is NS(=O)(=O)c1ccc(-c2ccc(/C=C3/C(=O)NN(c4ccc(F)c(Cl)c4)C3=O)o2)cc1. The zero-order chi connectivity index (χ0) is 22.3. The molecule has 0 atom stereocenters. The summed E-state index contributed by atoms with van der Waals surface area (Å²) in [4.78, 5) is 24.9. The van der Waals surface area contributed by atoms with Crippen LogP contribution < -0.4 is 15.6 Å². The first-order valence-electron chi connectivity index (χ1n) is 8.69. The van der Waals surface area contributed by atoms with E-state index in [4.69, 9.17) is 21.2 Å². The largest absolute Gasteiger partial charge is 0.457 e. The molecule has 158 valence electrons. The maximum atomic E-state index is 13.4. The number of benzene rings is 2. The van der Waals surface area contributed by atoms with E-state index in [1.807, 2.05) is 0 Å². The third-order valence-corrected chi connectivity index (χ3v) is 5.65. The molecule has 0 radical (unpaired) electrons. The predicted molar refractivity (Wildman–Crippen MR) is 111 cm³/mol. The third kappa shape index (κ3) is 4.08. The molecule has 0 unspecified atom stereocenters. The van der Waals surface area contributed by atoms with E-state index < -0.39 is 27.7 Å². The first-order chi connectivity index (χ1) is 14.6. The van der Waals surface area contributed by atoms with Gasteiger partial charge in [0.25, 0.3) is 11.8 Å². The summed E-state index contributed by atoms with van der Waals surface area (Å²) in [5.74, 6) is -1.37. The van der Waals surface area contributed by atoms with E-state index in [9.17, 15) is 22.4 Å². The van der Waals surface area contributed by atoms with E-state index in [1.165, 1.54) is 42.5 Å². The van der Waals surface area contributed by atoms with Crippen LogP contribution in [0.5, 0.6) is 0 Å². The molecule has 1 saturated heterocycles. The second kappa shape index (κ2) is 7.65. The number of carbonyl (C=O) groups excluding carboxylic acids is 2. The molecule has 1 aliphatic heterocycles. The summed E-state index contributed by atoms with van der Waals surface area (Å²) in [5, 5.41) is 5.84. The minimum absolute atomic E-state index is 0.0423. The molecule has 4 rings (SSSR count). The lowest BCUT2D eigenvalue weighted by Crippen LogP contribution is -2.35. The highest BCUT2D eigenvalue weighted by atomic mass is 35.5. The standard InChI is InChI=1S/C20H13ClFN3O5S/c21-16-9-12(3-7-17(16)22)25-20(27)15(19(26)24-25)10-13-4-8-18(30-13)11-1-5-14(6-2-11)31(23,28)29/h1-10H,(H,24,26)(H2,23,28,29)/b15-10-. The quantitative estimate of drug-likeness (QED) is 0.457. The highest BCUT2D eigenvalue weighted by molar-refractivity contribution is 7.89. The molecule has 2 aromatic carbocycles. The van der Waals surface area contributed by atoms with Crippen molar-refractivity contribution in [1.29, 1.82) is 0 Å². The van der Waals surface area contributed by atoms with Crippen LogP contribution in [0.2, 0.25) is 5.02 Å². The zero-order valence-corrected chi connectivity index (χ0v) is 17.1. The van der Waals surface area contributed by atoms with Crippen molar-refractivity contribution in [1.82, 2.24) is 5.43 Å². The molecule has 1 fully saturated rings. The number of hydrogen-bond donors (Lipinski definition) is 2. The summed E-state index contributed by atoms with van der Waals surface area (Å²) in [5.41, 5.74) is 2.96. The van der Waals surface area contributed by atoms with Crippen molar-refractivity contribution in [3.63, 3.8) is 0 Å². The van der Waals surface area contributed by atoms with Crippen molar-refractivity contribution >= 4 is 45.2 Å². The number of carbonyl (C=O) groups is 2. The number of rotatable bonds is 4. The molecular formula is C20H13ClFN3O5S. The number of halogens is 2. The highest BCUT2D eigenvalue weighted by Crippen LogP contribution is 2.28. The second-order valence-electron chi connectivity index (χ2n) is 6.51. The van der Waals surface area contributed by atoms with E-state index in [1.54, 1.807) is 12.1 Å². The van der Waals surface area contributed by atoms with Gasteiger partial charge in [-0.15, -0.1) is 0 Å². The fourth-order valence-electron chi connectivity index (χ4n) is 2.90. The normalized spacial score (nSPS) is 15.6. The predicted octanol–water partition coefficient (Wildman–Crippen LogP) is 2.85. The Kier molecular flexibility index (Phi) is 5.13. The van der Waals surface area contributed by atoms with E-state index >= 15 is 0 Å². The summed E-state index contributed by atoms with van der Waals surface area (Å²) < 4.78 is 41.7. The molecule has 1 aliphatic rings. The molecule has 3 aromatic rings. The molecule has 11 heteroatoms. The molecule has 0 saturated carbocycles. The molecular weight excluding hydrogens is 449 g/mol. The van der Waals surface area contributed by atoms with Crippen LogP contribution in [0.1, 0.15) is 5.76 Å². The summed E-state index contributed by atoms with van der Waals surface area (Å²) in [6, 6.07) is 12.5. The number of primary sulfonamides is 1. The highest BCUT2D eigenvalue weighted by Gasteiger charge is 2.35. The summed E-state index contributed by atoms with van der Waals surface area (Å²) in [7, 11) is -3.81. The number of amides is 2. The lowest BCUT2D eigenvalue weighted by molar-refractivity contribution is -0.117. The molecule has 31 heavy (non-hydrogen) atoms. The van der Waals surface area contributed by atoms with Gasteiger partial charge < -0.3 is 4.42 Å². The molecule has 0 aliphatic carbocycles. The van der Waals surface area contributed by atoms with Crippen LogP contribution in [0.3, 0.4) is 0 Å². The number of hydrazine groups is 1. The number of nitrogens with zero attached hydrogens (tertiary/aromatic N) is 1. The summed E-state index contributed by atoms with van der Waals surface area (Å²) in [6.07, 6.45) is 1.27. The number of anilines is 1. The van der Waals surface area contributed by atoms with Crippen molar-refractivity contribution in [2.45, 2.75) is 4.90 Å². The van der Waals surface area contributed by atoms with E-state index in [0.717, 1.165) is 11.1 Å². The average molecular weight is 462 g/mol. The van der Waals surface area contributed by atoms with Gasteiger partial charge in [0.05, 0.1) is 15.6 Å². The Morgan fingerprint density at radius 2 is 1.77 bits per heavy atom. The Hall–Kier alpha value is -3.47. The molecule has 1 aromatic heterocycles. The number of hydrogen-bond acceptors (Lipinski definition) is 5. The first kappa shape index (κ1) is 20.8. The monoisotopic (exact) mass is 461 g/mol. The first-order valence-corrected chi connectivity index (χ1v) is 10.6. The van der Waals surface area contributed by atoms with Gasteiger partial charge in [0.1, 0.15) is 22.9 Å². The van der Waals surface area contributed by atoms with Gasteiger partial charge in [-0.2, -0.15) is 0 Å². The number of nitrogens with one attached hydrogen (secondary N) is 1. The van der Waals surface area contributed by atoms with Gasteiger partial charge in [0, 0.05) is 5.56 Å². The van der Waals surface area contributed by atoms with Crippen molar-refractivity contribution in [3.05, 3.63) is 76.8 Å². The summed E-state index contributed by atoms with van der Waals surface area (Å²) in [6.45, 7) is 0. The smallest absolute Gasteiger partial charge is 0.282 e. The molecule has 3 N–H and O–H groups in total. The minimum Gasteiger partial charge on any atom is -0.457 e. The molecule has 2 amide bonds. The van der Waals surface area contributed by atoms with Crippen LogP contribution in [-0.2, 0) is 19.6 Å². The molecule has 2 heterocycles. The third-order valence-electron chi connectivity index (χ3n) is 4.43. The van der Waals surface area contributed by atoms with Crippen molar-refractivity contribution in [2.24, 2.45) is 5.14 Å². The van der Waals surface area contributed by atoms with Crippen molar-refractivity contribution in [2.75, 3.05) is 5.01 Å². The molecule has 0 spiro atoms. The van der Waals surface area contributed by atoms with E-state index in [2.05, 4.69) is 5.43 Å². The van der Waals surface area contributed by atoms with Crippen molar-refractivity contribution in [3.8, 4) is 11.3 Å². The van der Waals surface area contributed by atoms with Crippen LogP contribution >= 0.6 is 11.6 Å². The number of nitrogens with two attached hydrogens (primary N) is 1. The lowest BCUT2D eigenvalue weighted by Gasteiger charge is -2.14. The van der Waals surface area contributed by atoms with Crippen LogP contribution in [-0.4, -0.2) is 20.2 Å². The van der Waals surface area contributed by atoms with Gasteiger partial charge in [0.15, 0.2) is 0 Å². The Morgan fingerprint density at radius 1 is 1.06 bits per heavy atom. The molecule has 8 nitrogen and oxygen atoms in total. The zero-order valence-electron chi connectivity index (χ0n) is 15.5. The minimum atomic E-state index is -3.81. The fourth-order valence-corrected chi connectivity index (χ4v) is 3.59. The number of furan rings is 1. The Labute approximate surface area is 180 Å². The lowest BCUT2D eigenvalue weighted by atomic mass is 10.2. The number of sulfonamides is 1. The molecule has 0 bridgehead atoms. The maximum Gasteiger partial charge on any atom is 0.282 e. The van der Waals surface area contributed by atoms with Crippen molar-refractivity contribution < 1.29 is 26.8 Å². The van der Waals surface area contributed by atoms with Crippen LogP contribution in [0.25, 0.3) is 17.4 Å². The van der Waals surface area contributed by atoms with Crippen LogP contribution in [0.4, 0.5) is 10.1 Å². The fraction of sp³-hybridized carbons (Fsp3) is 0. The van der Waals surface area contributed by atoms with E-state index in [0.29, 0.717) is 11.3 Å². The average Bonchev–Trinajstić information content (AvgIpc) is 3.30. The van der Waals surface area contributed by atoms with Crippen LogP contribution in [0, 0.1) is 5.82 Å². The van der Waals surface area contributed by atoms with E-state index in [-0.39, 0.29) is 26.9 Å². The van der Waals surface area contributed by atoms with Gasteiger partial charge in [-0.05, 0) is 60.7 Å².